The molecule has 0 saturated carbocycles. The van der Waals surface area contributed by atoms with Crippen molar-refractivity contribution in [2.45, 2.75) is 25.9 Å². The minimum atomic E-state index is 0.0646. The smallest absolute Gasteiger partial charge is 0.121 e. The Labute approximate surface area is 126 Å². The Balaban J connectivity index is 1.92. The molecule has 0 aliphatic rings. The van der Waals surface area contributed by atoms with Gasteiger partial charge >= 0.3 is 0 Å². The molecule has 0 fully saturated rings. The zero-order chi connectivity index (χ0) is 15.1. The minimum Gasteiger partial charge on any atom is -0.496 e. The van der Waals surface area contributed by atoms with E-state index in [1.165, 1.54) is 11.1 Å². The molecule has 0 radical (unpaired) electrons. The highest BCUT2D eigenvalue weighted by atomic mass is 16.5. The van der Waals surface area contributed by atoms with Gasteiger partial charge in [-0.25, -0.2) is 0 Å². The molecule has 0 heterocycles. The fraction of sp³-hybridized carbons (Fsp3) is 0.333. The lowest BCUT2D eigenvalue weighted by atomic mass is 10.1. The average Bonchev–Trinajstić information content (AvgIpc) is 2.52. The van der Waals surface area contributed by atoms with Crippen LogP contribution >= 0.6 is 0 Å². The van der Waals surface area contributed by atoms with Gasteiger partial charge in [0, 0.05) is 12.6 Å². The van der Waals surface area contributed by atoms with Gasteiger partial charge in [0.05, 0.1) is 13.7 Å². The molecule has 2 aromatic carbocycles. The first-order chi connectivity index (χ1) is 10.2. The summed E-state index contributed by atoms with van der Waals surface area (Å²) in [6, 6.07) is 16.4. The summed E-state index contributed by atoms with van der Waals surface area (Å²) in [7, 11) is 1.68. The van der Waals surface area contributed by atoms with Crippen LogP contribution < -0.4 is 10.1 Å². The maximum Gasteiger partial charge on any atom is 0.121 e. The van der Waals surface area contributed by atoms with E-state index in [0.29, 0.717) is 0 Å². The van der Waals surface area contributed by atoms with Crippen molar-refractivity contribution >= 4 is 0 Å². The maximum absolute atomic E-state index is 9.52. The molecule has 3 nitrogen and oxygen atoms in total. The Hall–Kier alpha value is -1.84. The van der Waals surface area contributed by atoms with E-state index in [2.05, 4.69) is 29.6 Å². The number of aryl methyl sites for hydroxylation is 1. The Morgan fingerprint density at radius 1 is 1.10 bits per heavy atom. The van der Waals surface area contributed by atoms with Gasteiger partial charge in [-0.15, -0.1) is 0 Å². The number of benzene rings is 2. The van der Waals surface area contributed by atoms with E-state index < -0.39 is 0 Å². The molecule has 112 valence electrons. The highest BCUT2D eigenvalue weighted by molar-refractivity contribution is 5.36. The first-order valence-electron chi connectivity index (χ1n) is 7.24. The fourth-order valence-electron chi connectivity index (χ4n) is 2.41. The summed E-state index contributed by atoms with van der Waals surface area (Å²) >= 11 is 0. The van der Waals surface area contributed by atoms with Crippen LogP contribution in [0.5, 0.6) is 5.75 Å². The number of ether oxygens (including phenoxy) is 1. The van der Waals surface area contributed by atoms with Gasteiger partial charge < -0.3 is 15.2 Å². The van der Waals surface area contributed by atoms with E-state index in [0.717, 1.165) is 24.3 Å². The number of nitrogens with one attached hydrogen (secondary N) is 1. The van der Waals surface area contributed by atoms with Crippen molar-refractivity contribution in [2.24, 2.45) is 0 Å². The second kappa shape index (κ2) is 7.81. The van der Waals surface area contributed by atoms with Crippen LogP contribution in [0.4, 0.5) is 0 Å². The topological polar surface area (TPSA) is 41.5 Å². The molecule has 2 aromatic rings. The fourth-order valence-corrected chi connectivity index (χ4v) is 2.41. The van der Waals surface area contributed by atoms with Gasteiger partial charge in [0.15, 0.2) is 0 Å². The lowest BCUT2D eigenvalue weighted by Crippen LogP contribution is -2.34. The number of aliphatic hydroxyl groups excluding tert-OH is 1. The van der Waals surface area contributed by atoms with Crippen LogP contribution in [-0.2, 0) is 13.0 Å². The zero-order valence-corrected chi connectivity index (χ0v) is 12.7. The van der Waals surface area contributed by atoms with Crippen molar-refractivity contribution in [3.8, 4) is 5.75 Å². The van der Waals surface area contributed by atoms with E-state index >= 15 is 0 Å². The van der Waals surface area contributed by atoms with Crippen LogP contribution in [0.25, 0.3) is 0 Å². The van der Waals surface area contributed by atoms with E-state index in [9.17, 15) is 5.11 Å². The highest BCUT2D eigenvalue weighted by Crippen LogP contribution is 2.18. The molecule has 0 unspecified atom stereocenters. The molecule has 0 aliphatic heterocycles. The van der Waals surface area contributed by atoms with E-state index in [1.54, 1.807) is 7.11 Å². The van der Waals surface area contributed by atoms with Crippen LogP contribution in [0.1, 0.15) is 16.7 Å². The summed E-state index contributed by atoms with van der Waals surface area (Å²) in [6.07, 6.45) is 0.826. The average molecular weight is 285 g/mol. The lowest BCUT2D eigenvalue weighted by molar-refractivity contribution is 0.241. The van der Waals surface area contributed by atoms with E-state index in [-0.39, 0.29) is 12.6 Å². The molecule has 21 heavy (non-hydrogen) atoms. The van der Waals surface area contributed by atoms with E-state index in [4.69, 9.17) is 4.74 Å². The summed E-state index contributed by atoms with van der Waals surface area (Å²) in [6.45, 7) is 2.91. The van der Waals surface area contributed by atoms with Crippen LogP contribution in [0.15, 0.2) is 48.5 Å². The zero-order valence-electron chi connectivity index (χ0n) is 12.7. The first-order valence-corrected chi connectivity index (χ1v) is 7.24. The Bertz CT molecular complexity index is 554. The third-order valence-corrected chi connectivity index (χ3v) is 3.60. The minimum absolute atomic E-state index is 0.0646. The predicted octanol–water partition coefficient (Wildman–Crippen LogP) is 2.70. The largest absolute Gasteiger partial charge is 0.496 e. The van der Waals surface area contributed by atoms with Crippen molar-refractivity contribution in [3.05, 3.63) is 65.2 Å². The van der Waals surface area contributed by atoms with Crippen molar-refractivity contribution in [2.75, 3.05) is 13.7 Å². The van der Waals surface area contributed by atoms with E-state index in [1.807, 2.05) is 31.2 Å². The van der Waals surface area contributed by atoms with Crippen LogP contribution in [0.3, 0.4) is 0 Å². The summed E-state index contributed by atoms with van der Waals surface area (Å²) in [4.78, 5) is 0. The maximum atomic E-state index is 9.52. The summed E-state index contributed by atoms with van der Waals surface area (Å²) in [5.41, 5.74) is 3.55. The van der Waals surface area contributed by atoms with Gasteiger partial charge in [0.25, 0.3) is 0 Å². The Kier molecular flexibility index (Phi) is 5.78. The van der Waals surface area contributed by atoms with Crippen molar-refractivity contribution in [1.82, 2.24) is 5.32 Å². The molecular weight excluding hydrogens is 262 g/mol. The Morgan fingerprint density at radius 3 is 2.48 bits per heavy atom. The molecule has 0 spiro atoms. The van der Waals surface area contributed by atoms with Crippen LogP contribution in [0, 0.1) is 6.92 Å². The lowest BCUT2D eigenvalue weighted by Gasteiger charge is -2.17. The van der Waals surface area contributed by atoms with Crippen LogP contribution in [0.2, 0.25) is 0 Å². The monoisotopic (exact) mass is 285 g/mol. The molecule has 0 aromatic heterocycles. The Morgan fingerprint density at radius 2 is 1.86 bits per heavy atom. The number of hydrogen-bond acceptors (Lipinski definition) is 3. The second-order valence-corrected chi connectivity index (χ2v) is 5.25. The standard InChI is InChI=1S/C18H23NO2/c1-14-10-16(8-9-18(14)21-2)12-19-17(13-20)11-15-6-4-3-5-7-15/h3-10,17,19-20H,11-13H2,1-2H3/t17-/m1/s1. The number of methoxy groups -OCH3 is 1. The number of rotatable bonds is 7. The molecule has 0 amide bonds. The van der Waals surface area contributed by atoms with Crippen LogP contribution in [-0.4, -0.2) is 24.9 Å². The SMILES string of the molecule is COc1ccc(CN[C@@H](CO)Cc2ccccc2)cc1C. The molecule has 2 N–H and O–H groups in total. The molecule has 3 heteroatoms. The highest BCUT2D eigenvalue weighted by Gasteiger charge is 2.08. The van der Waals surface area contributed by atoms with Crippen molar-refractivity contribution in [3.63, 3.8) is 0 Å². The molecular formula is C18H23NO2. The summed E-state index contributed by atoms with van der Waals surface area (Å²) in [5.74, 6) is 0.904. The van der Waals surface area contributed by atoms with Gasteiger partial charge in [-0.05, 0) is 36.1 Å². The number of hydrogen-bond donors (Lipinski definition) is 2. The molecule has 0 bridgehead atoms. The van der Waals surface area contributed by atoms with Gasteiger partial charge in [-0.2, -0.15) is 0 Å². The molecule has 0 saturated heterocycles. The first kappa shape index (κ1) is 15.5. The summed E-state index contributed by atoms with van der Waals surface area (Å²) < 4.78 is 5.27. The van der Waals surface area contributed by atoms with Crippen molar-refractivity contribution in [1.29, 1.82) is 0 Å². The predicted molar refractivity (Wildman–Crippen MR) is 85.6 cm³/mol. The number of aliphatic hydroxyl groups is 1. The second-order valence-electron chi connectivity index (χ2n) is 5.25. The third kappa shape index (κ3) is 4.59. The molecule has 1 atom stereocenters. The normalized spacial score (nSPS) is 12.1. The van der Waals surface area contributed by atoms with Gasteiger partial charge in [-0.3, -0.25) is 0 Å². The quantitative estimate of drug-likeness (QED) is 0.822. The van der Waals surface area contributed by atoms with Gasteiger partial charge in [0.1, 0.15) is 5.75 Å². The molecule has 2 rings (SSSR count). The van der Waals surface area contributed by atoms with Crippen molar-refractivity contribution < 1.29 is 9.84 Å². The van der Waals surface area contributed by atoms with Gasteiger partial charge in [0.2, 0.25) is 0 Å². The van der Waals surface area contributed by atoms with Gasteiger partial charge in [-0.1, -0.05) is 42.5 Å². The summed E-state index contributed by atoms with van der Waals surface area (Å²) in [5, 5.41) is 12.9. The third-order valence-electron chi connectivity index (χ3n) is 3.60. The molecule has 0 aliphatic carbocycles.